The number of rotatable bonds is 6. The van der Waals surface area contributed by atoms with Crippen LogP contribution in [0.15, 0.2) is 54.9 Å². The van der Waals surface area contributed by atoms with Crippen molar-refractivity contribution < 1.29 is 9.47 Å². The minimum Gasteiger partial charge on any atom is -0.497 e. The summed E-state index contributed by atoms with van der Waals surface area (Å²) in [5, 5.41) is 4.54. The number of methoxy groups -OCH3 is 2. The molecule has 0 spiro atoms. The first kappa shape index (κ1) is 18.7. The van der Waals surface area contributed by atoms with Gasteiger partial charge in [-0.05, 0) is 43.3 Å². The minimum atomic E-state index is 0.268. The van der Waals surface area contributed by atoms with Crippen LogP contribution < -0.4 is 9.47 Å². The molecule has 28 heavy (non-hydrogen) atoms. The molecule has 0 saturated carbocycles. The number of aromatic nitrogens is 3. The van der Waals surface area contributed by atoms with Crippen molar-refractivity contribution in [2.75, 3.05) is 20.8 Å². The highest BCUT2D eigenvalue weighted by molar-refractivity contribution is 7.71. The van der Waals surface area contributed by atoms with Crippen molar-refractivity contribution in [2.45, 2.75) is 25.6 Å². The molecular weight excluding hydrogens is 372 g/mol. The van der Waals surface area contributed by atoms with E-state index in [2.05, 4.69) is 16.1 Å². The van der Waals surface area contributed by atoms with E-state index in [0.717, 1.165) is 36.6 Å². The van der Waals surface area contributed by atoms with Gasteiger partial charge in [0.05, 0.1) is 20.9 Å². The van der Waals surface area contributed by atoms with Gasteiger partial charge < -0.3 is 9.47 Å². The maximum Gasteiger partial charge on any atom is 0.203 e. The van der Waals surface area contributed by atoms with Crippen LogP contribution in [0.5, 0.6) is 11.5 Å². The molecule has 0 N–H and O–H groups in total. The van der Waals surface area contributed by atoms with E-state index in [4.69, 9.17) is 21.7 Å². The molecule has 7 heteroatoms. The van der Waals surface area contributed by atoms with Crippen molar-refractivity contribution in [2.24, 2.45) is 0 Å². The van der Waals surface area contributed by atoms with E-state index in [9.17, 15) is 0 Å². The third-order valence-electron chi connectivity index (χ3n) is 5.25. The Morgan fingerprint density at radius 3 is 2.68 bits per heavy atom. The van der Waals surface area contributed by atoms with Gasteiger partial charge in [0, 0.05) is 29.9 Å². The summed E-state index contributed by atoms with van der Waals surface area (Å²) in [4.78, 5) is 2.41. The standard InChI is InChI=1S/C21H24N4O2S/c1-26-17-10-11-18(20(13-17)27-2)19-9-6-12-23(19)15-25-21(28)24(14-22-25)16-7-4-3-5-8-16/h3-5,7-8,10-11,13-14,19H,6,9,12,15H2,1-2H3. The van der Waals surface area contributed by atoms with Crippen LogP contribution in [0.3, 0.4) is 0 Å². The topological polar surface area (TPSA) is 44.5 Å². The first-order chi connectivity index (χ1) is 13.7. The van der Waals surface area contributed by atoms with Gasteiger partial charge in [-0.2, -0.15) is 5.10 Å². The Labute approximate surface area is 169 Å². The molecule has 4 rings (SSSR count). The normalized spacial score (nSPS) is 17.0. The summed E-state index contributed by atoms with van der Waals surface area (Å²) in [5.74, 6) is 1.66. The van der Waals surface area contributed by atoms with Crippen molar-refractivity contribution >= 4 is 12.2 Å². The fourth-order valence-corrected chi connectivity index (χ4v) is 4.07. The Hall–Kier alpha value is -2.64. The van der Waals surface area contributed by atoms with Crippen molar-refractivity contribution in [1.29, 1.82) is 0 Å². The van der Waals surface area contributed by atoms with Gasteiger partial charge in [-0.15, -0.1) is 0 Å². The summed E-state index contributed by atoms with van der Waals surface area (Å²) in [7, 11) is 3.37. The van der Waals surface area contributed by atoms with Crippen LogP contribution in [0, 0.1) is 4.77 Å². The summed E-state index contributed by atoms with van der Waals surface area (Å²) in [6.45, 7) is 1.65. The third-order valence-corrected chi connectivity index (χ3v) is 5.65. The molecule has 2 aromatic carbocycles. The number of hydrogen-bond acceptors (Lipinski definition) is 5. The molecule has 1 unspecified atom stereocenters. The zero-order chi connectivity index (χ0) is 19.5. The van der Waals surface area contributed by atoms with Crippen molar-refractivity contribution in [3.8, 4) is 17.2 Å². The van der Waals surface area contributed by atoms with Crippen LogP contribution in [0.2, 0.25) is 0 Å². The van der Waals surface area contributed by atoms with E-state index < -0.39 is 0 Å². The summed E-state index contributed by atoms with van der Waals surface area (Å²) < 4.78 is 15.5. The number of likely N-dealkylation sites (tertiary alicyclic amines) is 1. The largest absolute Gasteiger partial charge is 0.497 e. The summed E-state index contributed by atoms with van der Waals surface area (Å²) >= 11 is 5.67. The predicted octanol–water partition coefficient (Wildman–Crippen LogP) is 4.22. The average Bonchev–Trinajstić information content (AvgIpc) is 3.35. The number of ether oxygens (including phenoxy) is 2. The van der Waals surface area contributed by atoms with Crippen LogP contribution in [-0.4, -0.2) is 40.0 Å². The molecule has 1 fully saturated rings. The zero-order valence-electron chi connectivity index (χ0n) is 16.1. The summed E-state index contributed by atoms with van der Waals surface area (Å²) in [5.41, 5.74) is 2.20. The maximum absolute atomic E-state index is 5.67. The van der Waals surface area contributed by atoms with E-state index in [-0.39, 0.29) is 6.04 Å². The third kappa shape index (κ3) is 3.55. The van der Waals surface area contributed by atoms with Crippen molar-refractivity contribution in [3.63, 3.8) is 0 Å². The number of nitrogens with zero attached hydrogens (tertiary/aromatic N) is 4. The minimum absolute atomic E-state index is 0.268. The predicted molar refractivity (Wildman–Crippen MR) is 111 cm³/mol. The Morgan fingerprint density at radius 1 is 1.11 bits per heavy atom. The maximum atomic E-state index is 5.67. The first-order valence-electron chi connectivity index (χ1n) is 9.37. The molecule has 1 saturated heterocycles. The van der Waals surface area contributed by atoms with Gasteiger partial charge >= 0.3 is 0 Å². The van der Waals surface area contributed by atoms with Gasteiger partial charge in [0.25, 0.3) is 0 Å². The van der Waals surface area contributed by atoms with Gasteiger partial charge in [0.15, 0.2) is 0 Å². The molecule has 0 radical (unpaired) electrons. The van der Waals surface area contributed by atoms with Gasteiger partial charge in [-0.1, -0.05) is 24.3 Å². The van der Waals surface area contributed by atoms with Crippen LogP contribution in [0.25, 0.3) is 5.69 Å². The fraction of sp³-hybridized carbons (Fsp3) is 0.333. The second-order valence-electron chi connectivity index (χ2n) is 6.84. The smallest absolute Gasteiger partial charge is 0.203 e. The quantitative estimate of drug-likeness (QED) is 0.584. The molecule has 1 aliphatic heterocycles. The molecule has 2 heterocycles. The van der Waals surface area contributed by atoms with Crippen LogP contribution in [0.1, 0.15) is 24.4 Å². The van der Waals surface area contributed by atoms with Gasteiger partial charge in [0.1, 0.15) is 17.8 Å². The van der Waals surface area contributed by atoms with E-state index >= 15 is 0 Å². The molecule has 1 aromatic heterocycles. The fourth-order valence-electron chi connectivity index (χ4n) is 3.81. The van der Waals surface area contributed by atoms with Crippen LogP contribution in [-0.2, 0) is 6.67 Å². The van der Waals surface area contributed by atoms with Gasteiger partial charge in [0.2, 0.25) is 4.77 Å². The Kier molecular flexibility index (Phi) is 5.45. The van der Waals surface area contributed by atoms with Gasteiger partial charge in [-0.25, -0.2) is 4.68 Å². The average molecular weight is 397 g/mol. The molecule has 1 aliphatic rings. The lowest BCUT2D eigenvalue weighted by atomic mass is 10.0. The molecule has 6 nitrogen and oxygen atoms in total. The Balaban J connectivity index is 1.59. The lowest BCUT2D eigenvalue weighted by molar-refractivity contribution is 0.187. The van der Waals surface area contributed by atoms with Crippen molar-refractivity contribution in [3.05, 3.63) is 65.2 Å². The second kappa shape index (κ2) is 8.16. The number of para-hydroxylation sites is 1. The monoisotopic (exact) mass is 396 g/mol. The Morgan fingerprint density at radius 2 is 1.93 bits per heavy atom. The molecule has 0 amide bonds. The highest BCUT2D eigenvalue weighted by atomic mass is 32.1. The first-order valence-corrected chi connectivity index (χ1v) is 9.78. The second-order valence-corrected chi connectivity index (χ2v) is 7.20. The van der Waals surface area contributed by atoms with Crippen LogP contribution >= 0.6 is 12.2 Å². The summed E-state index contributed by atoms with van der Waals surface area (Å²) in [6, 6.07) is 16.4. The lowest BCUT2D eigenvalue weighted by Crippen LogP contribution is -2.27. The zero-order valence-corrected chi connectivity index (χ0v) is 16.9. The Bertz CT molecular complexity index is 999. The molecule has 3 aromatic rings. The van der Waals surface area contributed by atoms with Gasteiger partial charge in [-0.3, -0.25) is 9.47 Å². The molecule has 0 bridgehead atoms. The van der Waals surface area contributed by atoms with E-state index in [1.54, 1.807) is 20.5 Å². The lowest BCUT2D eigenvalue weighted by Gasteiger charge is -2.26. The van der Waals surface area contributed by atoms with E-state index in [0.29, 0.717) is 11.4 Å². The van der Waals surface area contributed by atoms with Crippen molar-refractivity contribution in [1.82, 2.24) is 19.2 Å². The van der Waals surface area contributed by atoms with Crippen LogP contribution in [0.4, 0.5) is 0 Å². The summed E-state index contributed by atoms with van der Waals surface area (Å²) in [6.07, 6.45) is 4.00. The van der Waals surface area contributed by atoms with E-state index in [1.807, 2.05) is 51.7 Å². The highest BCUT2D eigenvalue weighted by Crippen LogP contribution is 2.38. The molecular formula is C21H24N4O2S. The number of benzene rings is 2. The molecule has 146 valence electrons. The SMILES string of the molecule is COc1ccc(C2CCCN2Cn2ncn(-c3ccccc3)c2=S)c(OC)c1. The van der Waals surface area contributed by atoms with E-state index in [1.165, 1.54) is 5.56 Å². The number of hydrogen-bond donors (Lipinski definition) is 0. The molecule has 0 aliphatic carbocycles. The molecule has 1 atom stereocenters. The highest BCUT2D eigenvalue weighted by Gasteiger charge is 2.29.